The van der Waals surface area contributed by atoms with Crippen LogP contribution in [-0.2, 0) is 14.8 Å². The molecule has 3 rings (SSSR count). The van der Waals surface area contributed by atoms with Crippen LogP contribution in [0.4, 0.5) is 11.4 Å². The molecule has 138 valence electrons. The van der Waals surface area contributed by atoms with Crippen LogP contribution in [0.3, 0.4) is 0 Å². The van der Waals surface area contributed by atoms with Gasteiger partial charge in [-0.25, -0.2) is 8.42 Å². The molecule has 1 atom stereocenters. The van der Waals surface area contributed by atoms with Gasteiger partial charge in [-0.2, -0.15) is 0 Å². The topological polar surface area (TPSA) is 109 Å². The molecular formula is C17H19N3O5S. The number of hydrogen-bond acceptors (Lipinski definition) is 5. The minimum atomic E-state index is -3.23. The second kappa shape index (κ2) is 7.20. The number of nitrogens with zero attached hydrogens (tertiary/aromatic N) is 1. The summed E-state index contributed by atoms with van der Waals surface area (Å²) in [6, 6.07) is 8.86. The number of furan rings is 1. The lowest BCUT2D eigenvalue weighted by Gasteiger charge is -2.18. The summed E-state index contributed by atoms with van der Waals surface area (Å²) in [6.45, 7) is 2.02. The van der Waals surface area contributed by atoms with E-state index in [0.29, 0.717) is 24.3 Å². The molecule has 1 fully saturated rings. The van der Waals surface area contributed by atoms with E-state index >= 15 is 0 Å². The van der Waals surface area contributed by atoms with E-state index in [1.165, 1.54) is 16.6 Å². The minimum Gasteiger partial charge on any atom is -0.459 e. The predicted molar refractivity (Wildman–Crippen MR) is 96.5 cm³/mol. The van der Waals surface area contributed by atoms with Crippen LogP contribution in [0.25, 0.3) is 0 Å². The first kappa shape index (κ1) is 18.0. The summed E-state index contributed by atoms with van der Waals surface area (Å²) >= 11 is 0. The molecular weight excluding hydrogens is 358 g/mol. The monoisotopic (exact) mass is 377 g/mol. The van der Waals surface area contributed by atoms with Gasteiger partial charge in [-0.1, -0.05) is 0 Å². The summed E-state index contributed by atoms with van der Waals surface area (Å²) in [4.78, 5) is 24.1. The van der Waals surface area contributed by atoms with Gasteiger partial charge < -0.3 is 15.1 Å². The predicted octanol–water partition coefficient (Wildman–Crippen LogP) is 1.58. The highest BCUT2D eigenvalue weighted by Gasteiger charge is 2.28. The largest absolute Gasteiger partial charge is 0.459 e. The number of carbonyl (C=O) groups is 2. The van der Waals surface area contributed by atoms with Gasteiger partial charge in [-0.05, 0) is 49.7 Å². The summed E-state index contributed by atoms with van der Waals surface area (Å²) in [6.07, 6.45) is 1.98. The molecule has 1 unspecified atom stereocenters. The smallest absolute Gasteiger partial charge is 0.287 e. The average molecular weight is 377 g/mol. The molecule has 0 aliphatic carbocycles. The fourth-order valence-electron chi connectivity index (χ4n) is 2.63. The van der Waals surface area contributed by atoms with Gasteiger partial charge in [0.15, 0.2) is 5.76 Å². The summed E-state index contributed by atoms with van der Waals surface area (Å²) in [7, 11) is -3.23. The normalized spacial score (nSPS) is 16.9. The van der Waals surface area contributed by atoms with E-state index in [9.17, 15) is 18.0 Å². The molecule has 2 N–H and O–H groups in total. The Labute approximate surface area is 151 Å². The van der Waals surface area contributed by atoms with Crippen molar-refractivity contribution in [2.75, 3.05) is 21.9 Å². The lowest BCUT2D eigenvalue weighted by Crippen LogP contribution is -2.41. The fourth-order valence-corrected chi connectivity index (χ4v) is 4.20. The third kappa shape index (κ3) is 3.88. The van der Waals surface area contributed by atoms with Crippen molar-refractivity contribution in [2.24, 2.45) is 0 Å². The molecule has 0 saturated carbocycles. The van der Waals surface area contributed by atoms with Crippen molar-refractivity contribution >= 4 is 33.2 Å². The Bertz CT molecular complexity index is 891. The molecule has 1 saturated heterocycles. The van der Waals surface area contributed by atoms with E-state index < -0.39 is 27.9 Å². The molecule has 0 spiro atoms. The van der Waals surface area contributed by atoms with Crippen LogP contribution in [0.5, 0.6) is 0 Å². The molecule has 26 heavy (non-hydrogen) atoms. The van der Waals surface area contributed by atoms with Crippen molar-refractivity contribution in [2.45, 2.75) is 19.4 Å². The van der Waals surface area contributed by atoms with Crippen LogP contribution in [-0.4, -0.2) is 38.6 Å². The maximum atomic E-state index is 12.2. The highest BCUT2D eigenvalue weighted by atomic mass is 32.2. The Kier molecular flexibility index (Phi) is 4.99. The Morgan fingerprint density at radius 1 is 1.19 bits per heavy atom. The second-order valence-electron chi connectivity index (χ2n) is 5.95. The number of carbonyl (C=O) groups excluding carboxylic acids is 2. The number of amides is 2. The standard InChI is InChI=1S/C17H19N3O5S/c1-12(18-17(22)15-4-2-10-25-15)16(21)19-13-5-7-14(8-6-13)20-9-3-11-26(20,23)24/h2,4-8,10,12H,3,9,11H2,1H3,(H,18,22)(H,19,21). The van der Waals surface area contributed by atoms with E-state index in [-0.39, 0.29) is 11.5 Å². The number of nitrogens with one attached hydrogen (secondary N) is 2. The zero-order valence-corrected chi connectivity index (χ0v) is 15.0. The first-order valence-electron chi connectivity index (χ1n) is 8.12. The van der Waals surface area contributed by atoms with Gasteiger partial charge in [-0.3, -0.25) is 13.9 Å². The zero-order chi connectivity index (χ0) is 18.7. The Morgan fingerprint density at radius 2 is 1.92 bits per heavy atom. The van der Waals surface area contributed by atoms with E-state index in [0.717, 1.165) is 0 Å². The number of hydrogen-bond donors (Lipinski definition) is 2. The van der Waals surface area contributed by atoms with Crippen LogP contribution < -0.4 is 14.9 Å². The molecule has 9 heteroatoms. The van der Waals surface area contributed by atoms with Gasteiger partial charge >= 0.3 is 0 Å². The number of benzene rings is 1. The van der Waals surface area contributed by atoms with Crippen molar-refractivity contribution in [3.63, 3.8) is 0 Å². The molecule has 8 nitrogen and oxygen atoms in total. The van der Waals surface area contributed by atoms with E-state index in [4.69, 9.17) is 4.42 Å². The molecule has 1 aromatic carbocycles. The summed E-state index contributed by atoms with van der Waals surface area (Å²) in [5, 5.41) is 5.22. The lowest BCUT2D eigenvalue weighted by atomic mass is 10.2. The first-order chi connectivity index (χ1) is 12.4. The minimum absolute atomic E-state index is 0.126. The molecule has 0 bridgehead atoms. The van der Waals surface area contributed by atoms with Crippen LogP contribution >= 0.6 is 0 Å². The van der Waals surface area contributed by atoms with Gasteiger partial charge in [0, 0.05) is 12.2 Å². The number of sulfonamides is 1. The fraction of sp³-hybridized carbons (Fsp3) is 0.294. The SMILES string of the molecule is CC(NC(=O)c1ccco1)C(=O)Nc1ccc(N2CCCS2(=O)=O)cc1. The molecule has 1 aromatic heterocycles. The number of anilines is 2. The van der Waals surface area contributed by atoms with Crippen LogP contribution in [0.1, 0.15) is 23.9 Å². The van der Waals surface area contributed by atoms with Crippen molar-refractivity contribution in [1.29, 1.82) is 0 Å². The van der Waals surface area contributed by atoms with Gasteiger partial charge in [-0.15, -0.1) is 0 Å². The van der Waals surface area contributed by atoms with Crippen LogP contribution in [0, 0.1) is 0 Å². The van der Waals surface area contributed by atoms with Crippen molar-refractivity contribution < 1.29 is 22.4 Å². The second-order valence-corrected chi connectivity index (χ2v) is 7.96. The van der Waals surface area contributed by atoms with Crippen LogP contribution in [0.2, 0.25) is 0 Å². The van der Waals surface area contributed by atoms with Crippen molar-refractivity contribution in [3.05, 3.63) is 48.4 Å². The zero-order valence-electron chi connectivity index (χ0n) is 14.1. The van der Waals surface area contributed by atoms with Gasteiger partial charge in [0.25, 0.3) is 5.91 Å². The molecule has 2 amide bonds. The van der Waals surface area contributed by atoms with Gasteiger partial charge in [0.2, 0.25) is 15.9 Å². The summed E-state index contributed by atoms with van der Waals surface area (Å²) in [5.41, 5.74) is 1.08. The van der Waals surface area contributed by atoms with Crippen molar-refractivity contribution in [1.82, 2.24) is 5.32 Å². The van der Waals surface area contributed by atoms with Gasteiger partial charge in [0.1, 0.15) is 6.04 Å². The van der Waals surface area contributed by atoms with Crippen molar-refractivity contribution in [3.8, 4) is 0 Å². The third-order valence-electron chi connectivity index (χ3n) is 4.01. The van der Waals surface area contributed by atoms with E-state index in [1.807, 2.05) is 0 Å². The third-order valence-corrected chi connectivity index (χ3v) is 5.88. The molecule has 1 aliphatic heterocycles. The lowest BCUT2D eigenvalue weighted by molar-refractivity contribution is -0.117. The number of rotatable bonds is 5. The molecule has 2 aromatic rings. The Hall–Kier alpha value is -2.81. The highest BCUT2D eigenvalue weighted by Crippen LogP contribution is 2.25. The molecule has 2 heterocycles. The maximum Gasteiger partial charge on any atom is 0.287 e. The quantitative estimate of drug-likeness (QED) is 0.822. The molecule has 1 aliphatic rings. The summed E-state index contributed by atoms with van der Waals surface area (Å²) < 4.78 is 30.2. The van der Waals surface area contributed by atoms with Crippen LogP contribution in [0.15, 0.2) is 47.1 Å². The Balaban J connectivity index is 1.60. The Morgan fingerprint density at radius 3 is 2.50 bits per heavy atom. The average Bonchev–Trinajstić information content (AvgIpc) is 3.25. The van der Waals surface area contributed by atoms with E-state index in [1.54, 1.807) is 37.3 Å². The van der Waals surface area contributed by atoms with Gasteiger partial charge in [0.05, 0.1) is 17.7 Å². The summed E-state index contributed by atoms with van der Waals surface area (Å²) in [5.74, 6) is -0.599. The van der Waals surface area contributed by atoms with E-state index in [2.05, 4.69) is 10.6 Å². The first-order valence-corrected chi connectivity index (χ1v) is 9.73. The molecule has 0 radical (unpaired) electrons. The maximum absolute atomic E-state index is 12.2. The highest BCUT2D eigenvalue weighted by molar-refractivity contribution is 7.93.